The molecule has 0 saturated carbocycles. The first-order valence-corrected chi connectivity index (χ1v) is 5.98. The van der Waals surface area contributed by atoms with Gasteiger partial charge in [0.1, 0.15) is 0 Å². The van der Waals surface area contributed by atoms with E-state index in [0.29, 0.717) is 0 Å². The zero-order chi connectivity index (χ0) is 11.2. The van der Waals surface area contributed by atoms with Gasteiger partial charge >= 0.3 is 0 Å². The van der Waals surface area contributed by atoms with Crippen molar-refractivity contribution in [3.8, 4) is 0 Å². The Bertz CT molecular complexity index is 311. The van der Waals surface area contributed by atoms with E-state index in [1.165, 1.54) is 0 Å². The summed E-state index contributed by atoms with van der Waals surface area (Å²) in [5, 5.41) is 0. The van der Waals surface area contributed by atoms with Gasteiger partial charge in [-0.05, 0) is 5.41 Å². The van der Waals surface area contributed by atoms with Gasteiger partial charge in [0, 0.05) is 0 Å². The number of sulfonamides is 1. The third-order valence-corrected chi connectivity index (χ3v) is 4.10. The molecule has 1 aliphatic rings. The topological polar surface area (TPSA) is 37.4 Å². The second-order valence-electron chi connectivity index (χ2n) is 4.94. The molecular formula is C8H15F2NO2S. The number of rotatable bonds is 2. The van der Waals surface area contributed by atoms with Crippen LogP contribution in [0.15, 0.2) is 0 Å². The largest absolute Gasteiger partial charge is 0.275 e. The van der Waals surface area contributed by atoms with Crippen LogP contribution in [-0.4, -0.2) is 37.5 Å². The van der Waals surface area contributed by atoms with Crippen LogP contribution in [0.5, 0.6) is 0 Å². The minimum atomic E-state index is -3.50. The molecule has 6 heteroatoms. The zero-order valence-corrected chi connectivity index (χ0v) is 9.37. The minimum Gasteiger partial charge on any atom is -0.212 e. The smallest absolute Gasteiger partial charge is 0.212 e. The minimum absolute atomic E-state index is 0.0872. The molecule has 0 aromatic rings. The summed E-state index contributed by atoms with van der Waals surface area (Å²) >= 11 is 0. The van der Waals surface area contributed by atoms with E-state index in [4.69, 9.17) is 0 Å². The fraction of sp³-hybridized carbons (Fsp3) is 1.00. The van der Waals surface area contributed by atoms with Crippen molar-refractivity contribution in [1.82, 2.24) is 4.31 Å². The Morgan fingerprint density at radius 2 is 1.71 bits per heavy atom. The van der Waals surface area contributed by atoms with Crippen LogP contribution in [0, 0.1) is 5.41 Å². The summed E-state index contributed by atoms with van der Waals surface area (Å²) in [5.74, 6) is -2.92. The fourth-order valence-corrected chi connectivity index (χ4v) is 3.35. The molecule has 0 aliphatic carbocycles. The van der Waals surface area contributed by atoms with Crippen molar-refractivity contribution in [3.63, 3.8) is 0 Å². The monoisotopic (exact) mass is 227 g/mol. The number of hydrogen-bond donors (Lipinski definition) is 0. The summed E-state index contributed by atoms with van der Waals surface area (Å²) < 4.78 is 48.8. The first-order valence-electron chi connectivity index (χ1n) is 4.38. The van der Waals surface area contributed by atoms with Gasteiger partial charge in [-0.25, -0.2) is 17.2 Å². The molecule has 0 aromatic heterocycles. The number of halogens is 2. The lowest BCUT2D eigenvalue weighted by molar-refractivity contribution is -0.0947. The van der Waals surface area contributed by atoms with E-state index >= 15 is 0 Å². The molecule has 1 heterocycles. The molecule has 0 amide bonds. The van der Waals surface area contributed by atoms with Gasteiger partial charge in [-0.1, -0.05) is 20.8 Å². The van der Waals surface area contributed by atoms with E-state index in [1.807, 2.05) is 0 Å². The highest BCUT2D eigenvalue weighted by molar-refractivity contribution is 7.89. The Morgan fingerprint density at radius 1 is 1.29 bits per heavy atom. The fourth-order valence-electron chi connectivity index (χ4n) is 1.30. The second kappa shape index (κ2) is 3.13. The van der Waals surface area contributed by atoms with Gasteiger partial charge < -0.3 is 0 Å². The third-order valence-electron chi connectivity index (χ3n) is 1.82. The number of nitrogens with zero attached hydrogens (tertiary/aromatic N) is 1. The van der Waals surface area contributed by atoms with Crippen LogP contribution in [0.25, 0.3) is 0 Å². The summed E-state index contributed by atoms with van der Waals surface area (Å²) in [6.07, 6.45) is 0. The number of alkyl halides is 2. The van der Waals surface area contributed by atoms with Gasteiger partial charge in [0.15, 0.2) is 0 Å². The maximum absolute atomic E-state index is 12.4. The molecule has 0 N–H and O–H groups in total. The highest BCUT2D eigenvalue weighted by Crippen LogP contribution is 2.31. The lowest BCUT2D eigenvalue weighted by atomic mass is 10.0. The molecule has 0 atom stereocenters. The average molecular weight is 227 g/mol. The van der Waals surface area contributed by atoms with Crippen LogP contribution in [0.1, 0.15) is 20.8 Å². The van der Waals surface area contributed by atoms with Crippen LogP contribution in [0.3, 0.4) is 0 Å². The number of hydrogen-bond acceptors (Lipinski definition) is 2. The van der Waals surface area contributed by atoms with E-state index in [0.717, 1.165) is 4.31 Å². The molecule has 1 rings (SSSR count). The van der Waals surface area contributed by atoms with Crippen LogP contribution in [0.2, 0.25) is 0 Å². The van der Waals surface area contributed by atoms with E-state index in [-0.39, 0.29) is 5.75 Å². The molecular weight excluding hydrogens is 212 g/mol. The summed E-state index contributed by atoms with van der Waals surface area (Å²) in [5.41, 5.74) is -0.399. The predicted octanol–water partition coefficient (Wildman–Crippen LogP) is 1.31. The molecule has 14 heavy (non-hydrogen) atoms. The Kier molecular flexibility index (Phi) is 2.65. The van der Waals surface area contributed by atoms with E-state index in [9.17, 15) is 17.2 Å². The van der Waals surface area contributed by atoms with E-state index in [2.05, 4.69) is 0 Å². The Morgan fingerprint density at radius 3 is 2.00 bits per heavy atom. The molecule has 3 nitrogen and oxygen atoms in total. The van der Waals surface area contributed by atoms with Gasteiger partial charge in [-0.2, -0.15) is 4.31 Å². The SMILES string of the molecule is CC(C)(C)CS(=O)(=O)N1CC(F)(F)C1. The van der Waals surface area contributed by atoms with Gasteiger partial charge in [0.05, 0.1) is 18.8 Å². The molecule has 0 radical (unpaired) electrons. The van der Waals surface area contributed by atoms with Crippen LogP contribution in [-0.2, 0) is 10.0 Å². The highest BCUT2D eigenvalue weighted by atomic mass is 32.2. The Labute approximate surface area is 83.1 Å². The Balaban J connectivity index is 2.62. The zero-order valence-electron chi connectivity index (χ0n) is 8.55. The van der Waals surface area contributed by atoms with Crippen molar-refractivity contribution in [2.45, 2.75) is 26.7 Å². The normalized spacial score (nSPS) is 23.2. The summed E-state index contributed by atoms with van der Waals surface area (Å²) in [6.45, 7) is 3.98. The molecule has 0 spiro atoms. The van der Waals surface area contributed by atoms with Crippen molar-refractivity contribution in [3.05, 3.63) is 0 Å². The van der Waals surface area contributed by atoms with E-state index < -0.39 is 34.5 Å². The lowest BCUT2D eigenvalue weighted by Crippen LogP contribution is -2.59. The molecule has 0 unspecified atom stereocenters. The van der Waals surface area contributed by atoms with Gasteiger partial charge in [-0.15, -0.1) is 0 Å². The van der Waals surface area contributed by atoms with Crippen LogP contribution in [0.4, 0.5) is 8.78 Å². The predicted molar refractivity (Wildman–Crippen MR) is 49.8 cm³/mol. The summed E-state index contributed by atoms with van der Waals surface area (Å²) in [7, 11) is -3.50. The van der Waals surface area contributed by atoms with Crippen LogP contribution >= 0.6 is 0 Å². The molecule has 84 valence electrons. The van der Waals surface area contributed by atoms with Gasteiger partial charge in [0.25, 0.3) is 5.92 Å². The molecule has 0 bridgehead atoms. The summed E-state index contributed by atoms with van der Waals surface area (Å²) in [6, 6.07) is 0. The first kappa shape index (κ1) is 11.8. The van der Waals surface area contributed by atoms with Crippen molar-refractivity contribution in [2.75, 3.05) is 18.8 Å². The molecule has 1 aliphatic heterocycles. The molecule has 1 fully saturated rings. The quantitative estimate of drug-likeness (QED) is 0.713. The van der Waals surface area contributed by atoms with Crippen LogP contribution < -0.4 is 0 Å². The average Bonchev–Trinajstić information content (AvgIpc) is 1.76. The van der Waals surface area contributed by atoms with Crippen molar-refractivity contribution in [1.29, 1.82) is 0 Å². The van der Waals surface area contributed by atoms with Crippen molar-refractivity contribution < 1.29 is 17.2 Å². The van der Waals surface area contributed by atoms with Gasteiger partial charge in [-0.3, -0.25) is 0 Å². The lowest BCUT2D eigenvalue weighted by Gasteiger charge is -2.38. The third kappa shape index (κ3) is 2.88. The first-order chi connectivity index (χ1) is 6.02. The van der Waals surface area contributed by atoms with Gasteiger partial charge in [0.2, 0.25) is 10.0 Å². The highest BCUT2D eigenvalue weighted by Gasteiger charge is 2.49. The maximum atomic E-state index is 12.4. The van der Waals surface area contributed by atoms with E-state index in [1.54, 1.807) is 20.8 Å². The summed E-state index contributed by atoms with van der Waals surface area (Å²) in [4.78, 5) is 0. The maximum Gasteiger partial charge on any atom is 0.275 e. The Hall–Kier alpha value is -0.230. The van der Waals surface area contributed by atoms with Crippen molar-refractivity contribution in [2.24, 2.45) is 5.41 Å². The van der Waals surface area contributed by atoms with Crippen molar-refractivity contribution >= 4 is 10.0 Å². The standard InChI is InChI=1S/C8H15F2NO2S/c1-7(2,3)6-14(12,13)11-4-8(9,10)5-11/h4-6H2,1-3H3. The molecule has 0 aromatic carbocycles. The second-order valence-corrected chi connectivity index (χ2v) is 6.91. The molecule has 1 saturated heterocycles.